The van der Waals surface area contributed by atoms with E-state index in [0.29, 0.717) is 5.56 Å². The Kier molecular flexibility index (Phi) is 3.26. The maximum atomic E-state index is 9.26. The molecule has 0 radical (unpaired) electrons. The van der Waals surface area contributed by atoms with Crippen LogP contribution in [0.3, 0.4) is 0 Å². The minimum absolute atomic E-state index is 0.233. The first-order valence-electron chi connectivity index (χ1n) is 6.52. The van der Waals surface area contributed by atoms with Crippen LogP contribution in [0.4, 0.5) is 0 Å². The number of hydrogen-bond acceptors (Lipinski definition) is 3. The van der Waals surface area contributed by atoms with Crippen LogP contribution in [0.15, 0.2) is 42.7 Å². The maximum Gasteiger partial charge on any atom is 0.101 e. The summed E-state index contributed by atoms with van der Waals surface area (Å²) in [4.78, 5) is 4.05. The number of aromatic nitrogens is 1. The highest BCUT2D eigenvalue weighted by Crippen LogP contribution is 2.30. The summed E-state index contributed by atoms with van der Waals surface area (Å²) in [5.74, 6) is 0.233. The van der Waals surface area contributed by atoms with Crippen molar-refractivity contribution in [3.05, 3.63) is 65.0 Å². The van der Waals surface area contributed by atoms with E-state index < -0.39 is 0 Å². The molecule has 2 aromatic rings. The van der Waals surface area contributed by atoms with Crippen molar-refractivity contribution in [2.45, 2.75) is 12.3 Å². The van der Waals surface area contributed by atoms with Crippen molar-refractivity contribution in [2.24, 2.45) is 0 Å². The lowest BCUT2D eigenvalue weighted by Gasteiger charge is -2.18. The van der Waals surface area contributed by atoms with Gasteiger partial charge < -0.3 is 5.32 Å². The second-order valence-corrected chi connectivity index (χ2v) is 4.78. The van der Waals surface area contributed by atoms with Crippen molar-refractivity contribution < 1.29 is 0 Å². The van der Waals surface area contributed by atoms with Crippen LogP contribution >= 0.6 is 0 Å². The molecule has 1 aliphatic rings. The van der Waals surface area contributed by atoms with E-state index in [2.05, 4.69) is 40.6 Å². The predicted molar refractivity (Wildman–Crippen MR) is 73.8 cm³/mol. The molecule has 1 aliphatic heterocycles. The lowest BCUT2D eigenvalue weighted by atomic mass is 9.87. The molecule has 0 bridgehead atoms. The molecule has 2 heterocycles. The molecule has 1 N–H and O–H groups in total. The molecule has 1 unspecified atom stereocenters. The standard InChI is InChI=1S/C16H15N3/c17-9-13-10-18-8-6-15(13)16-11-19-7-5-12-3-1-2-4-14(12)16/h1-4,6,8,10,16,19H,5,7,11H2. The Morgan fingerprint density at radius 3 is 3.00 bits per heavy atom. The smallest absolute Gasteiger partial charge is 0.101 e. The number of hydrogen-bond donors (Lipinski definition) is 1. The first kappa shape index (κ1) is 11.9. The molecule has 3 rings (SSSR count). The van der Waals surface area contributed by atoms with Crippen molar-refractivity contribution in [3.63, 3.8) is 0 Å². The molecule has 1 aromatic heterocycles. The first-order valence-corrected chi connectivity index (χ1v) is 6.52. The van der Waals surface area contributed by atoms with Gasteiger partial charge in [0.2, 0.25) is 0 Å². The number of pyridine rings is 1. The summed E-state index contributed by atoms with van der Waals surface area (Å²) in [5.41, 5.74) is 4.44. The topological polar surface area (TPSA) is 48.7 Å². The number of fused-ring (bicyclic) bond motifs is 1. The first-order chi connectivity index (χ1) is 9.40. The summed E-state index contributed by atoms with van der Waals surface area (Å²) in [6.07, 6.45) is 4.46. The van der Waals surface area contributed by atoms with Gasteiger partial charge in [-0.15, -0.1) is 0 Å². The van der Waals surface area contributed by atoms with Gasteiger partial charge in [0.15, 0.2) is 0 Å². The highest BCUT2D eigenvalue weighted by molar-refractivity contribution is 5.45. The Labute approximate surface area is 112 Å². The molecule has 94 valence electrons. The van der Waals surface area contributed by atoms with Gasteiger partial charge in [-0.2, -0.15) is 5.26 Å². The SMILES string of the molecule is N#Cc1cnccc1C1CNCCc2ccccc21. The lowest BCUT2D eigenvalue weighted by molar-refractivity contribution is 0.663. The minimum atomic E-state index is 0.233. The third kappa shape index (κ3) is 2.23. The van der Waals surface area contributed by atoms with Crippen LogP contribution in [0, 0.1) is 11.3 Å². The van der Waals surface area contributed by atoms with Gasteiger partial charge in [0.1, 0.15) is 6.07 Å². The number of nitrogens with one attached hydrogen (secondary N) is 1. The van der Waals surface area contributed by atoms with Crippen molar-refractivity contribution in [1.29, 1.82) is 5.26 Å². The molecular formula is C16H15N3. The molecule has 3 heteroatoms. The van der Waals surface area contributed by atoms with Crippen LogP contribution in [-0.4, -0.2) is 18.1 Å². The molecule has 1 aromatic carbocycles. The summed E-state index contributed by atoms with van der Waals surface area (Å²) in [6, 6.07) is 12.7. The van der Waals surface area contributed by atoms with Crippen LogP contribution in [0.25, 0.3) is 0 Å². The summed E-state index contributed by atoms with van der Waals surface area (Å²) in [6.45, 7) is 1.86. The van der Waals surface area contributed by atoms with Crippen molar-refractivity contribution in [1.82, 2.24) is 10.3 Å². The minimum Gasteiger partial charge on any atom is -0.315 e. The fraction of sp³-hybridized carbons (Fsp3) is 0.250. The highest BCUT2D eigenvalue weighted by atomic mass is 14.9. The third-order valence-corrected chi connectivity index (χ3v) is 3.70. The monoisotopic (exact) mass is 249 g/mol. The molecule has 19 heavy (non-hydrogen) atoms. The van der Waals surface area contributed by atoms with Crippen LogP contribution in [0.2, 0.25) is 0 Å². The summed E-state index contributed by atoms with van der Waals surface area (Å²) in [5, 5.41) is 12.7. The zero-order valence-corrected chi connectivity index (χ0v) is 10.6. The molecule has 3 nitrogen and oxygen atoms in total. The maximum absolute atomic E-state index is 9.26. The van der Waals surface area contributed by atoms with Crippen molar-refractivity contribution in [2.75, 3.05) is 13.1 Å². The highest BCUT2D eigenvalue weighted by Gasteiger charge is 2.21. The van der Waals surface area contributed by atoms with E-state index in [4.69, 9.17) is 0 Å². The largest absolute Gasteiger partial charge is 0.315 e. The summed E-state index contributed by atoms with van der Waals surface area (Å²) >= 11 is 0. The van der Waals surface area contributed by atoms with Crippen LogP contribution in [0.1, 0.15) is 28.2 Å². The molecule has 0 saturated carbocycles. The predicted octanol–water partition coefficient (Wildman–Crippen LogP) is 2.23. The van der Waals surface area contributed by atoms with E-state index >= 15 is 0 Å². The average Bonchev–Trinajstić information content (AvgIpc) is 2.69. The van der Waals surface area contributed by atoms with Gasteiger partial charge >= 0.3 is 0 Å². The summed E-state index contributed by atoms with van der Waals surface area (Å²) in [7, 11) is 0. The normalized spacial score (nSPS) is 18.2. The molecule has 0 fully saturated rings. The van der Waals surface area contributed by atoms with Crippen molar-refractivity contribution >= 4 is 0 Å². The van der Waals surface area contributed by atoms with Gasteiger partial charge in [0, 0.05) is 24.9 Å². The van der Waals surface area contributed by atoms with Gasteiger partial charge in [-0.3, -0.25) is 4.98 Å². The van der Waals surface area contributed by atoms with Gasteiger partial charge in [-0.1, -0.05) is 24.3 Å². The molecule has 0 aliphatic carbocycles. The van der Waals surface area contributed by atoms with Gasteiger partial charge in [-0.05, 0) is 35.7 Å². The van der Waals surface area contributed by atoms with Crippen LogP contribution in [-0.2, 0) is 6.42 Å². The van der Waals surface area contributed by atoms with Crippen LogP contribution in [0.5, 0.6) is 0 Å². The summed E-state index contributed by atoms with van der Waals surface area (Å²) < 4.78 is 0. The molecule has 1 atom stereocenters. The van der Waals surface area contributed by atoms with E-state index in [9.17, 15) is 5.26 Å². The zero-order valence-electron chi connectivity index (χ0n) is 10.6. The third-order valence-electron chi connectivity index (χ3n) is 3.70. The Balaban J connectivity index is 2.12. The Hall–Kier alpha value is -2.18. The number of nitrogens with zero attached hydrogens (tertiary/aromatic N) is 2. The van der Waals surface area contributed by atoms with E-state index in [1.807, 2.05) is 6.07 Å². The van der Waals surface area contributed by atoms with Crippen molar-refractivity contribution in [3.8, 4) is 6.07 Å². The Morgan fingerprint density at radius 1 is 1.21 bits per heavy atom. The second-order valence-electron chi connectivity index (χ2n) is 4.78. The van der Waals surface area contributed by atoms with Gasteiger partial charge in [0.05, 0.1) is 5.56 Å². The van der Waals surface area contributed by atoms with E-state index in [0.717, 1.165) is 25.1 Å². The van der Waals surface area contributed by atoms with Crippen LogP contribution < -0.4 is 5.32 Å². The fourth-order valence-electron chi connectivity index (χ4n) is 2.76. The van der Waals surface area contributed by atoms with E-state index in [1.165, 1.54) is 11.1 Å². The van der Waals surface area contributed by atoms with E-state index in [1.54, 1.807) is 12.4 Å². The zero-order chi connectivity index (χ0) is 13.1. The number of rotatable bonds is 1. The fourth-order valence-corrected chi connectivity index (χ4v) is 2.76. The Morgan fingerprint density at radius 2 is 2.11 bits per heavy atom. The quantitative estimate of drug-likeness (QED) is 0.843. The number of benzene rings is 1. The Bertz CT molecular complexity index is 628. The molecule has 0 saturated heterocycles. The number of nitriles is 1. The second kappa shape index (κ2) is 5.21. The lowest BCUT2D eigenvalue weighted by Crippen LogP contribution is -2.21. The van der Waals surface area contributed by atoms with E-state index in [-0.39, 0.29) is 5.92 Å². The van der Waals surface area contributed by atoms with Gasteiger partial charge in [-0.25, -0.2) is 0 Å². The molecule has 0 spiro atoms. The molecule has 0 amide bonds. The molecular weight excluding hydrogens is 234 g/mol. The average molecular weight is 249 g/mol. The van der Waals surface area contributed by atoms with Gasteiger partial charge in [0.25, 0.3) is 0 Å².